The number of rotatable bonds is 5. The third kappa shape index (κ3) is 2.52. The van der Waals surface area contributed by atoms with E-state index in [4.69, 9.17) is 4.42 Å². The number of hydrogen-bond donors (Lipinski definition) is 1. The van der Waals surface area contributed by atoms with E-state index in [0.29, 0.717) is 11.8 Å². The van der Waals surface area contributed by atoms with Crippen molar-refractivity contribution in [2.45, 2.75) is 13.3 Å². The second kappa shape index (κ2) is 5.50. The zero-order valence-electron chi connectivity index (χ0n) is 10.7. The highest BCUT2D eigenvalue weighted by Crippen LogP contribution is 2.32. The van der Waals surface area contributed by atoms with E-state index in [1.165, 1.54) is 10.1 Å². The molecular weight excluding hydrogens is 258 g/mol. The number of thiophene rings is 1. The predicted molar refractivity (Wildman–Crippen MR) is 77.4 cm³/mol. The quantitative estimate of drug-likeness (QED) is 0.726. The fourth-order valence-corrected chi connectivity index (χ4v) is 2.91. The summed E-state index contributed by atoms with van der Waals surface area (Å²) >= 11 is 1.70. The summed E-state index contributed by atoms with van der Waals surface area (Å²) in [5, 5.41) is 14.7. The molecule has 0 aliphatic heterocycles. The van der Waals surface area contributed by atoms with Crippen LogP contribution in [0.15, 0.2) is 34.1 Å². The van der Waals surface area contributed by atoms with Crippen LogP contribution in [0, 0.1) is 0 Å². The van der Waals surface area contributed by atoms with Crippen molar-refractivity contribution in [1.82, 2.24) is 15.5 Å². The van der Waals surface area contributed by atoms with E-state index in [9.17, 15) is 0 Å². The van der Waals surface area contributed by atoms with Gasteiger partial charge in [-0.05, 0) is 12.6 Å². The van der Waals surface area contributed by atoms with E-state index in [1.807, 2.05) is 12.1 Å². The van der Waals surface area contributed by atoms with Crippen LogP contribution in [-0.4, -0.2) is 23.3 Å². The maximum atomic E-state index is 5.73. The maximum absolute atomic E-state index is 5.73. The van der Waals surface area contributed by atoms with Gasteiger partial charge >= 0.3 is 0 Å². The van der Waals surface area contributed by atoms with Gasteiger partial charge in [-0.3, -0.25) is 0 Å². The van der Waals surface area contributed by atoms with Gasteiger partial charge in [-0.25, -0.2) is 0 Å². The van der Waals surface area contributed by atoms with Crippen LogP contribution in [0.4, 0.5) is 0 Å². The fourth-order valence-electron chi connectivity index (χ4n) is 1.98. The lowest BCUT2D eigenvalue weighted by molar-refractivity contribution is 0.497. The number of nitrogens with zero attached hydrogens (tertiary/aromatic N) is 2. The van der Waals surface area contributed by atoms with Crippen molar-refractivity contribution < 1.29 is 4.42 Å². The first-order valence-electron chi connectivity index (χ1n) is 6.38. The highest BCUT2D eigenvalue weighted by Gasteiger charge is 2.12. The Morgan fingerprint density at radius 2 is 2.16 bits per heavy atom. The molecule has 98 valence electrons. The molecule has 0 amide bonds. The van der Waals surface area contributed by atoms with Gasteiger partial charge in [0.1, 0.15) is 0 Å². The van der Waals surface area contributed by atoms with Crippen molar-refractivity contribution in [1.29, 1.82) is 0 Å². The molecule has 5 heteroatoms. The second-order valence-electron chi connectivity index (χ2n) is 4.25. The normalized spacial score (nSPS) is 11.2. The van der Waals surface area contributed by atoms with Crippen LogP contribution in [0.1, 0.15) is 12.8 Å². The van der Waals surface area contributed by atoms with Crippen LogP contribution < -0.4 is 5.32 Å². The summed E-state index contributed by atoms with van der Waals surface area (Å²) in [6.45, 7) is 3.90. The SMILES string of the molecule is CCNCCc1nnc(-c2csc3ccccc23)o1. The molecule has 0 unspecified atom stereocenters. The lowest BCUT2D eigenvalue weighted by Crippen LogP contribution is -2.16. The molecule has 0 spiro atoms. The minimum Gasteiger partial charge on any atom is -0.421 e. The predicted octanol–water partition coefficient (Wildman–Crippen LogP) is 3.10. The lowest BCUT2D eigenvalue weighted by atomic mass is 10.2. The molecule has 0 fully saturated rings. The minimum atomic E-state index is 0.615. The Hall–Kier alpha value is -1.72. The van der Waals surface area contributed by atoms with Crippen molar-refractivity contribution in [2.24, 2.45) is 0 Å². The summed E-state index contributed by atoms with van der Waals surface area (Å²) in [6, 6.07) is 8.26. The molecule has 1 N–H and O–H groups in total. The topological polar surface area (TPSA) is 51.0 Å². The van der Waals surface area contributed by atoms with E-state index in [-0.39, 0.29) is 0 Å². The molecule has 0 atom stereocenters. The summed E-state index contributed by atoms with van der Waals surface area (Å²) in [7, 11) is 0. The van der Waals surface area contributed by atoms with Gasteiger partial charge in [0.25, 0.3) is 0 Å². The molecule has 19 heavy (non-hydrogen) atoms. The van der Waals surface area contributed by atoms with Gasteiger partial charge in [-0.15, -0.1) is 21.5 Å². The zero-order valence-corrected chi connectivity index (χ0v) is 11.5. The van der Waals surface area contributed by atoms with Gasteiger partial charge in [0.2, 0.25) is 11.8 Å². The summed E-state index contributed by atoms with van der Waals surface area (Å²) in [5.41, 5.74) is 1.03. The van der Waals surface area contributed by atoms with Crippen LogP contribution in [0.2, 0.25) is 0 Å². The summed E-state index contributed by atoms with van der Waals surface area (Å²) in [6.07, 6.45) is 0.767. The number of fused-ring (bicyclic) bond motifs is 1. The molecule has 0 aliphatic carbocycles. The van der Waals surface area contributed by atoms with E-state index < -0.39 is 0 Å². The van der Waals surface area contributed by atoms with Crippen molar-refractivity contribution in [3.05, 3.63) is 35.5 Å². The van der Waals surface area contributed by atoms with Crippen molar-refractivity contribution in [3.63, 3.8) is 0 Å². The summed E-state index contributed by atoms with van der Waals surface area (Å²) in [5.74, 6) is 1.30. The number of likely N-dealkylation sites (N-methyl/N-ethyl adjacent to an activating group) is 1. The molecule has 3 rings (SSSR count). The van der Waals surface area contributed by atoms with Crippen LogP contribution >= 0.6 is 11.3 Å². The average molecular weight is 273 g/mol. The Morgan fingerprint density at radius 1 is 1.26 bits per heavy atom. The van der Waals surface area contributed by atoms with Crippen LogP contribution in [0.3, 0.4) is 0 Å². The van der Waals surface area contributed by atoms with Crippen LogP contribution in [-0.2, 0) is 6.42 Å². The molecule has 0 saturated heterocycles. The average Bonchev–Trinajstić information content (AvgIpc) is 3.05. The largest absolute Gasteiger partial charge is 0.421 e. The third-order valence-corrected chi connectivity index (χ3v) is 3.91. The Kier molecular flexibility index (Phi) is 3.57. The molecule has 4 nitrogen and oxygen atoms in total. The van der Waals surface area contributed by atoms with E-state index in [0.717, 1.165) is 25.1 Å². The van der Waals surface area contributed by atoms with Crippen LogP contribution in [0.25, 0.3) is 21.5 Å². The van der Waals surface area contributed by atoms with Gasteiger partial charge in [-0.2, -0.15) is 0 Å². The fraction of sp³-hybridized carbons (Fsp3) is 0.286. The van der Waals surface area contributed by atoms with Gasteiger partial charge in [0.15, 0.2) is 0 Å². The molecular formula is C14H15N3OS. The highest BCUT2D eigenvalue weighted by atomic mass is 32.1. The molecule has 0 aliphatic rings. The zero-order chi connectivity index (χ0) is 13.1. The van der Waals surface area contributed by atoms with E-state index in [1.54, 1.807) is 11.3 Å². The van der Waals surface area contributed by atoms with Crippen molar-refractivity contribution >= 4 is 21.4 Å². The number of nitrogens with one attached hydrogen (secondary N) is 1. The standard InChI is InChI=1S/C14H15N3OS/c1-2-15-8-7-13-16-17-14(18-13)11-9-19-12-6-4-3-5-10(11)12/h3-6,9,15H,2,7-8H2,1H3. The first-order chi connectivity index (χ1) is 9.38. The monoisotopic (exact) mass is 273 g/mol. The summed E-state index contributed by atoms with van der Waals surface area (Å²) < 4.78 is 6.97. The molecule has 3 aromatic rings. The van der Waals surface area contributed by atoms with Gasteiger partial charge in [0.05, 0.1) is 5.56 Å². The van der Waals surface area contributed by atoms with E-state index in [2.05, 4.69) is 40.0 Å². The highest BCUT2D eigenvalue weighted by molar-refractivity contribution is 7.17. The Morgan fingerprint density at radius 3 is 3.05 bits per heavy atom. The molecule has 1 aromatic carbocycles. The minimum absolute atomic E-state index is 0.615. The summed E-state index contributed by atoms with van der Waals surface area (Å²) in [4.78, 5) is 0. The number of benzene rings is 1. The molecule has 0 radical (unpaired) electrons. The van der Waals surface area contributed by atoms with Gasteiger partial charge in [0, 0.05) is 28.4 Å². The molecule has 0 saturated carbocycles. The molecule has 2 heterocycles. The Balaban J connectivity index is 1.86. The molecule has 0 bridgehead atoms. The number of hydrogen-bond acceptors (Lipinski definition) is 5. The first kappa shape index (κ1) is 12.3. The molecule has 2 aromatic heterocycles. The smallest absolute Gasteiger partial charge is 0.249 e. The van der Waals surface area contributed by atoms with Gasteiger partial charge in [-0.1, -0.05) is 25.1 Å². The number of aromatic nitrogens is 2. The van der Waals surface area contributed by atoms with Crippen molar-refractivity contribution in [2.75, 3.05) is 13.1 Å². The van der Waals surface area contributed by atoms with E-state index >= 15 is 0 Å². The third-order valence-electron chi connectivity index (χ3n) is 2.94. The van der Waals surface area contributed by atoms with Gasteiger partial charge < -0.3 is 9.73 Å². The van der Waals surface area contributed by atoms with Crippen molar-refractivity contribution in [3.8, 4) is 11.5 Å². The Labute approximate surface area is 115 Å². The second-order valence-corrected chi connectivity index (χ2v) is 5.16. The first-order valence-corrected chi connectivity index (χ1v) is 7.26. The lowest BCUT2D eigenvalue weighted by Gasteiger charge is -1.96. The maximum Gasteiger partial charge on any atom is 0.249 e. The van der Waals surface area contributed by atoms with Crippen LogP contribution in [0.5, 0.6) is 0 Å². The Bertz CT molecular complexity index is 674.